The fourth-order valence-corrected chi connectivity index (χ4v) is 0.330. The van der Waals surface area contributed by atoms with Crippen LogP contribution in [-0.4, -0.2) is 32.5 Å². The van der Waals surface area contributed by atoms with E-state index in [0.717, 1.165) is 6.47 Å². The molecule has 0 rings (SSSR count). The standard InChI is InChI=1S/C5H6F3O3/c6-5(7,8)3-10-1-2-11-4-9/h1-3H2. The lowest BCUT2D eigenvalue weighted by molar-refractivity contribution is -0.175. The summed E-state index contributed by atoms with van der Waals surface area (Å²) < 4.78 is 42.0. The summed E-state index contributed by atoms with van der Waals surface area (Å²) in [4.78, 5) is 9.34. The highest BCUT2D eigenvalue weighted by Gasteiger charge is 2.27. The predicted molar refractivity (Wildman–Crippen MR) is 28.5 cm³/mol. The van der Waals surface area contributed by atoms with Crippen LogP contribution < -0.4 is 0 Å². The fraction of sp³-hybridized carbons (Fsp3) is 0.800. The lowest BCUT2D eigenvalue weighted by atomic mass is 10.7. The van der Waals surface area contributed by atoms with Gasteiger partial charge in [-0.2, -0.15) is 13.2 Å². The minimum absolute atomic E-state index is 0.209. The monoisotopic (exact) mass is 171 g/mol. The van der Waals surface area contributed by atoms with Gasteiger partial charge in [-0.05, 0) is 0 Å². The summed E-state index contributed by atoms with van der Waals surface area (Å²) in [6.45, 7) is -0.748. The van der Waals surface area contributed by atoms with E-state index in [2.05, 4.69) is 9.47 Å². The van der Waals surface area contributed by atoms with Crippen molar-refractivity contribution < 1.29 is 27.4 Å². The molecule has 0 saturated carbocycles. The molecule has 0 fully saturated rings. The molecule has 0 aromatic heterocycles. The van der Waals surface area contributed by atoms with Gasteiger partial charge >= 0.3 is 12.6 Å². The van der Waals surface area contributed by atoms with Gasteiger partial charge in [0.05, 0.1) is 6.61 Å². The van der Waals surface area contributed by atoms with Crippen LogP contribution >= 0.6 is 0 Å². The van der Waals surface area contributed by atoms with Gasteiger partial charge in [0.15, 0.2) is 0 Å². The number of halogens is 3. The van der Waals surface area contributed by atoms with Crippen LogP contribution in [0.1, 0.15) is 0 Å². The number of rotatable bonds is 5. The maximum atomic E-state index is 11.3. The molecule has 0 heterocycles. The molecule has 0 amide bonds. The first-order valence-electron chi connectivity index (χ1n) is 2.69. The maximum absolute atomic E-state index is 11.3. The van der Waals surface area contributed by atoms with Crippen molar-refractivity contribution in [3.05, 3.63) is 0 Å². The van der Waals surface area contributed by atoms with E-state index in [0.29, 0.717) is 0 Å². The second-order valence-electron chi connectivity index (χ2n) is 1.60. The Morgan fingerprint density at radius 2 is 1.91 bits per heavy atom. The van der Waals surface area contributed by atoms with Crippen LogP contribution in [0.4, 0.5) is 13.2 Å². The van der Waals surface area contributed by atoms with Crippen LogP contribution in [0.2, 0.25) is 0 Å². The molecule has 0 atom stereocenters. The Balaban J connectivity index is 3.08. The third-order valence-electron chi connectivity index (χ3n) is 0.654. The molecule has 0 saturated heterocycles. The van der Waals surface area contributed by atoms with Crippen molar-refractivity contribution >= 4 is 6.47 Å². The molecule has 11 heavy (non-hydrogen) atoms. The highest BCUT2D eigenvalue weighted by atomic mass is 19.4. The van der Waals surface area contributed by atoms with Crippen molar-refractivity contribution in [3.63, 3.8) is 0 Å². The van der Waals surface area contributed by atoms with E-state index in [1.807, 2.05) is 0 Å². The van der Waals surface area contributed by atoms with Gasteiger partial charge in [-0.1, -0.05) is 0 Å². The number of ether oxygens (including phenoxy) is 2. The van der Waals surface area contributed by atoms with Gasteiger partial charge < -0.3 is 9.47 Å². The first kappa shape index (κ1) is 10.2. The van der Waals surface area contributed by atoms with Gasteiger partial charge in [-0.3, -0.25) is 0 Å². The Morgan fingerprint density at radius 1 is 1.27 bits per heavy atom. The van der Waals surface area contributed by atoms with E-state index in [1.165, 1.54) is 0 Å². The summed E-state index contributed by atoms with van der Waals surface area (Å²) in [7, 11) is 0. The Kier molecular flexibility index (Phi) is 4.60. The second-order valence-corrected chi connectivity index (χ2v) is 1.60. The number of alkyl halides is 3. The Morgan fingerprint density at radius 3 is 2.36 bits per heavy atom. The van der Waals surface area contributed by atoms with Crippen molar-refractivity contribution in [1.29, 1.82) is 0 Å². The van der Waals surface area contributed by atoms with Crippen molar-refractivity contribution in [2.45, 2.75) is 6.18 Å². The molecule has 0 spiro atoms. The third kappa shape index (κ3) is 9.22. The smallest absolute Gasteiger partial charge is 0.417 e. The number of carbonyl (C=O) groups excluding carboxylic acids is 1. The van der Waals surface area contributed by atoms with E-state index in [9.17, 15) is 18.0 Å². The molecule has 0 aliphatic rings. The highest BCUT2D eigenvalue weighted by Crippen LogP contribution is 2.13. The highest BCUT2D eigenvalue weighted by molar-refractivity contribution is 5.37. The SMILES string of the molecule is O=[C]OCCOCC(F)(F)F. The van der Waals surface area contributed by atoms with Crippen LogP contribution in [0.25, 0.3) is 0 Å². The molecule has 6 heteroatoms. The van der Waals surface area contributed by atoms with Crippen LogP contribution in [0.3, 0.4) is 0 Å². The van der Waals surface area contributed by atoms with Crippen LogP contribution in [-0.2, 0) is 14.3 Å². The van der Waals surface area contributed by atoms with Gasteiger partial charge in [0.2, 0.25) is 0 Å². The maximum Gasteiger partial charge on any atom is 0.417 e. The molecular weight excluding hydrogens is 165 g/mol. The molecule has 0 bridgehead atoms. The summed E-state index contributed by atoms with van der Waals surface area (Å²) in [6.07, 6.45) is -4.33. The Labute approximate surface area is 61.1 Å². The molecule has 0 aromatic carbocycles. The molecule has 0 aliphatic heterocycles. The zero-order valence-electron chi connectivity index (χ0n) is 5.48. The van der Waals surface area contributed by atoms with Crippen molar-refractivity contribution in [3.8, 4) is 0 Å². The minimum Gasteiger partial charge on any atom is -0.455 e. The van der Waals surface area contributed by atoms with E-state index >= 15 is 0 Å². The summed E-state index contributed by atoms with van der Waals surface area (Å²) in [5, 5.41) is 0. The third-order valence-corrected chi connectivity index (χ3v) is 0.654. The summed E-state index contributed by atoms with van der Waals surface area (Å²) in [6, 6.07) is 0. The average Bonchev–Trinajstić information content (AvgIpc) is 1.85. The van der Waals surface area contributed by atoms with E-state index in [4.69, 9.17) is 0 Å². The summed E-state index contributed by atoms with van der Waals surface area (Å²) >= 11 is 0. The second kappa shape index (κ2) is 4.95. The number of hydrogen-bond donors (Lipinski definition) is 0. The average molecular weight is 171 g/mol. The summed E-state index contributed by atoms with van der Waals surface area (Å²) in [5.41, 5.74) is 0. The van der Waals surface area contributed by atoms with Gasteiger partial charge in [-0.15, -0.1) is 0 Å². The molecule has 65 valence electrons. The lowest BCUT2D eigenvalue weighted by Crippen LogP contribution is -2.18. The first-order chi connectivity index (χ1) is 5.06. The van der Waals surface area contributed by atoms with E-state index in [1.54, 1.807) is 0 Å². The Bertz CT molecular complexity index is 112. The minimum atomic E-state index is -4.33. The lowest BCUT2D eigenvalue weighted by Gasteiger charge is -2.05. The van der Waals surface area contributed by atoms with Gasteiger partial charge in [0.25, 0.3) is 0 Å². The number of hydrogen-bond acceptors (Lipinski definition) is 3. The molecule has 0 aliphatic carbocycles. The van der Waals surface area contributed by atoms with Crippen molar-refractivity contribution in [2.75, 3.05) is 19.8 Å². The van der Waals surface area contributed by atoms with Crippen molar-refractivity contribution in [2.24, 2.45) is 0 Å². The van der Waals surface area contributed by atoms with Crippen LogP contribution in [0, 0.1) is 0 Å². The molecule has 3 nitrogen and oxygen atoms in total. The van der Waals surface area contributed by atoms with E-state index in [-0.39, 0.29) is 13.2 Å². The van der Waals surface area contributed by atoms with Gasteiger partial charge in [0, 0.05) is 0 Å². The fourth-order valence-electron chi connectivity index (χ4n) is 0.330. The molecular formula is C5H6F3O3. The Hall–Kier alpha value is -0.780. The molecule has 0 aromatic rings. The molecule has 1 radical (unpaired) electrons. The zero-order chi connectivity index (χ0) is 8.74. The predicted octanol–water partition coefficient (Wildman–Crippen LogP) is 0.649. The molecule has 0 N–H and O–H groups in total. The van der Waals surface area contributed by atoms with Crippen LogP contribution in [0.15, 0.2) is 0 Å². The van der Waals surface area contributed by atoms with Crippen LogP contribution in [0.5, 0.6) is 0 Å². The molecule has 0 unspecified atom stereocenters. The normalized spacial score (nSPS) is 11.2. The first-order valence-corrected chi connectivity index (χ1v) is 2.69. The largest absolute Gasteiger partial charge is 0.455 e. The summed E-state index contributed by atoms with van der Waals surface area (Å²) in [5.74, 6) is 0. The quantitative estimate of drug-likeness (QED) is 0.569. The van der Waals surface area contributed by atoms with Gasteiger partial charge in [-0.25, -0.2) is 4.79 Å². The van der Waals surface area contributed by atoms with E-state index < -0.39 is 12.8 Å². The van der Waals surface area contributed by atoms with Crippen molar-refractivity contribution in [1.82, 2.24) is 0 Å². The zero-order valence-corrected chi connectivity index (χ0v) is 5.48. The topological polar surface area (TPSA) is 35.5 Å². The van der Waals surface area contributed by atoms with Gasteiger partial charge in [0.1, 0.15) is 13.2 Å².